The third-order valence-electron chi connectivity index (χ3n) is 0.384. The van der Waals surface area contributed by atoms with Gasteiger partial charge in [-0.25, -0.2) is 10.5 Å². The van der Waals surface area contributed by atoms with Crippen molar-refractivity contribution in [1.82, 2.24) is 10.5 Å². The Hall–Kier alpha value is -0.900. The van der Waals surface area contributed by atoms with Crippen LogP contribution in [-0.4, -0.2) is 19.1 Å². The average Bonchev–Trinajstić information content (AvgIpc) is 1.66. The molecule has 4 nitrogen and oxygen atoms in total. The molecule has 0 aliphatic heterocycles. The third kappa shape index (κ3) is 5.10. The Kier molecular flexibility index (Phi) is 3.78. The number of hydrazine groups is 1. The highest BCUT2D eigenvalue weighted by atomic mass is 15.7. The molecule has 0 aromatic carbocycles. The van der Waals surface area contributed by atoms with Gasteiger partial charge in [-0.3, -0.25) is 0 Å². The van der Waals surface area contributed by atoms with Crippen LogP contribution in [0.15, 0.2) is 23.1 Å². The average molecular weight is 114 g/mol. The topological polar surface area (TPSA) is 40.0 Å². The minimum Gasteiger partial charge on any atom is -0.222 e. The molecule has 0 aromatic rings. The van der Waals surface area contributed by atoms with Gasteiger partial charge in [-0.1, -0.05) is 11.8 Å². The fourth-order valence-corrected chi connectivity index (χ4v) is 0.156. The fraction of sp³-hybridized carbons (Fsp3) is 0.500. The molecule has 1 N–H and O–H groups in total. The second kappa shape index (κ2) is 4.26. The highest BCUT2D eigenvalue weighted by molar-refractivity contribution is 4.55. The van der Waals surface area contributed by atoms with Gasteiger partial charge in [0.25, 0.3) is 0 Å². The standard InChI is InChI=1S/C4H10N4/c1-4-5-6-7-8(2)3/h4H,1H2,2-3H3,(H,5,7). The second-order valence-corrected chi connectivity index (χ2v) is 1.39. The summed E-state index contributed by atoms with van der Waals surface area (Å²) in [6.07, 6.45) is 1.36. The lowest BCUT2D eigenvalue weighted by atomic mass is 11.1. The van der Waals surface area contributed by atoms with Crippen molar-refractivity contribution in [3.05, 3.63) is 12.8 Å². The summed E-state index contributed by atoms with van der Waals surface area (Å²) in [5.41, 5.74) is 2.57. The van der Waals surface area contributed by atoms with Crippen molar-refractivity contribution in [1.29, 1.82) is 0 Å². The van der Waals surface area contributed by atoms with E-state index in [2.05, 4.69) is 22.5 Å². The monoisotopic (exact) mass is 114 g/mol. The van der Waals surface area contributed by atoms with Gasteiger partial charge in [0.05, 0.1) is 0 Å². The van der Waals surface area contributed by atoms with Gasteiger partial charge >= 0.3 is 0 Å². The van der Waals surface area contributed by atoms with E-state index in [1.807, 2.05) is 14.1 Å². The summed E-state index contributed by atoms with van der Waals surface area (Å²) in [5, 5.41) is 8.59. The maximum Gasteiger partial charge on any atom is 0.0441 e. The third-order valence-corrected chi connectivity index (χ3v) is 0.384. The largest absolute Gasteiger partial charge is 0.222 e. The molecule has 0 aliphatic carbocycles. The Labute approximate surface area is 48.8 Å². The van der Waals surface area contributed by atoms with Crippen molar-refractivity contribution < 1.29 is 0 Å². The van der Waals surface area contributed by atoms with E-state index in [-0.39, 0.29) is 0 Å². The molecule has 0 amide bonds. The summed E-state index contributed by atoms with van der Waals surface area (Å²) in [6, 6.07) is 0. The maximum absolute atomic E-state index is 3.47. The Balaban J connectivity index is 3.15. The van der Waals surface area contributed by atoms with Crippen LogP contribution >= 0.6 is 0 Å². The smallest absolute Gasteiger partial charge is 0.0441 e. The molecule has 0 rings (SSSR count). The molecular formula is C4H10N4. The summed E-state index contributed by atoms with van der Waals surface area (Å²) in [6.45, 7) is 3.34. The molecule has 0 saturated carbocycles. The molecule has 0 heterocycles. The van der Waals surface area contributed by atoms with E-state index in [9.17, 15) is 0 Å². The van der Waals surface area contributed by atoms with Crippen molar-refractivity contribution in [3.8, 4) is 0 Å². The van der Waals surface area contributed by atoms with Gasteiger partial charge in [0, 0.05) is 20.3 Å². The van der Waals surface area contributed by atoms with E-state index < -0.39 is 0 Å². The number of rotatable bonds is 3. The lowest BCUT2D eigenvalue weighted by molar-refractivity contribution is 0.288. The second-order valence-electron chi connectivity index (χ2n) is 1.39. The van der Waals surface area contributed by atoms with Gasteiger partial charge in [-0.05, 0) is 0 Å². The zero-order valence-corrected chi connectivity index (χ0v) is 5.13. The number of hydrogen-bond acceptors (Lipinski definition) is 3. The van der Waals surface area contributed by atoms with E-state index >= 15 is 0 Å². The van der Waals surface area contributed by atoms with E-state index in [0.29, 0.717) is 0 Å². The van der Waals surface area contributed by atoms with Crippen LogP contribution in [0, 0.1) is 0 Å². The van der Waals surface area contributed by atoms with Crippen LogP contribution in [0.4, 0.5) is 0 Å². The van der Waals surface area contributed by atoms with Crippen LogP contribution in [0.3, 0.4) is 0 Å². The minimum absolute atomic E-state index is 1.36. The zero-order valence-electron chi connectivity index (χ0n) is 5.13. The molecular weight excluding hydrogens is 104 g/mol. The summed E-state index contributed by atoms with van der Waals surface area (Å²) in [5.74, 6) is 0. The van der Waals surface area contributed by atoms with Gasteiger partial charge in [0.15, 0.2) is 0 Å². The first kappa shape index (κ1) is 7.10. The first-order valence-corrected chi connectivity index (χ1v) is 2.21. The van der Waals surface area contributed by atoms with Gasteiger partial charge in [-0.2, -0.15) is 0 Å². The van der Waals surface area contributed by atoms with Crippen LogP contribution in [0.1, 0.15) is 0 Å². The molecule has 4 heteroatoms. The predicted octanol–water partition coefficient (Wildman–Crippen LogP) is 0.563. The SMILES string of the molecule is C=CN=NNN(C)C. The Bertz CT molecular complexity index is 86.0. The molecule has 0 aliphatic rings. The van der Waals surface area contributed by atoms with Crippen molar-refractivity contribution in [2.45, 2.75) is 0 Å². The van der Waals surface area contributed by atoms with E-state index in [4.69, 9.17) is 0 Å². The Morgan fingerprint density at radius 2 is 2.25 bits per heavy atom. The van der Waals surface area contributed by atoms with Crippen molar-refractivity contribution >= 4 is 0 Å². The Morgan fingerprint density at radius 3 is 2.62 bits per heavy atom. The Morgan fingerprint density at radius 1 is 1.62 bits per heavy atom. The quantitative estimate of drug-likeness (QED) is 0.430. The van der Waals surface area contributed by atoms with Gasteiger partial charge in [0.1, 0.15) is 0 Å². The van der Waals surface area contributed by atoms with Crippen LogP contribution < -0.4 is 5.53 Å². The molecule has 0 fully saturated rings. The van der Waals surface area contributed by atoms with Crippen LogP contribution in [-0.2, 0) is 0 Å². The number of hydrogen-bond donors (Lipinski definition) is 1. The first-order valence-electron chi connectivity index (χ1n) is 2.21. The molecule has 0 atom stereocenters. The first-order chi connectivity index (χ1) is 3.77. The summed E-state index contributed by atoms with van der Waals surface area (Å²) in [7, 11) is 3.64. The molecule has 0 aromatic heterocycles. The number of nitrogens with zero attached hydrogens (tertiary/aromatic N) is 3. The zero-order chi connectivity index (χ0) is 6.41. The van der Waals surface area contributed by atoms with Crippen molar-refractivity contribution in [2.75, 3.05) is 14.1 Å². The van der Waals surface area contributed by atoms with Crippen molar-refractivity contribution in [2.24, 2.45) is 10.3 Å². The summed E-state index contributed by atoms with van der Waals surface area (Å²) < 4.78 is 0. The molecule has 0 unspecified atom stereocenters. The molecule has 0 saturated heterocycles. The lowest BCUT2D eigenvalue weighted by Crippen LogP contribution is -2.24. The predicted molar refractivity (Wildman–Crippen MR) is 31.9 cm³/mol. The normalized spacial score (nSPS) is 10.4. The van der Waals surface area contributed by atoms with Crippen molar-refractivity contribution in [3.63, 3.8) is 0 Å². The fourth-order valence-electron chi connectivity index (χ4n) is 0.156. The van der Waals surface area contributed by atoms with Gasteiger partial charge < -0.3 is 0 Å². The molecule has 0 bridgehead atoms. The minimum atomic E-state index is 1.36. The molecule has 0 radical (unpaired) electrons. The molecule has 8 heavy (non-hydrogen) atoms. The molecule has 46 valence electrons. The highest BCUT2D eigenvalue weighted by Gasteiger charge is 1.75. The lowest BCUT2D eigenvalue weighted by Gasteiger charge is -2.03. The van der Waals surface area contributed by atoms with E-state index in [1.54, 1.807) is 5.01 Å². The van der Waals surface area contributed by atoms with Gasteiger partial charge in [0.2, 0.25) is 0 Å². The number of nitrogens with one attached hydrogen (secondary N) is 1. The maximum atomic E-state index is 3.47. The van der Waals surface area contributed by atoms with E-state index in [0.717, 1.165) is 0 Å². The van der Waals surface area contributed by atoms with E-state index in [1.165, 1.54) is 6.20 Å². The summed E-state index contributed by atoms with van der Waals surface area (Å²) >= 11 is 0. The molecule has 0 spiro atoms. The van der Waals surface area contributed by atoms with Gasteiger partial charge in [-0.15, -0.1) is 5.11 Å². The van der Waals surface area contributed by atoms with Crippen LogP contribution in [0.25, 0.3) is 0 Å². The summed E-state index contributed by atoms with van der Waals surface area (Å²) in [4.78, 5) is 0. The van der Waals surface area contributed by atoms with Crippen LogP contribution in [0.5, 0.6) is 0 Å². The highest BCUT2D eigenvalue weighted by Crippen LogP contribution is 1.69. The van der Waals surface area contributed by atoms with Crippen LogP contribution in [0.2, 0.25) is 0 Å².